The maximum absolute atomic E-state index is 13.1. The number of primary amides is 1. The molecule has 0 aromatic carbocycles. The smallest absolute Gasteiger partial charge is 0.326 e. The predicted molar refractivity (Wildman–Crippen MR) is 127 cm³/mol. The Morgan fingerprint density at radius 2 is 1.47 bits per heavy atom. The number of amides is 4. The van der Waals surface area contributed by atoms with Crippen molar-refractivity contribution in [2.75, 3.05) is 6.54 Å². The Hall–Kier alpha value is -2.73. The Morgan fingerprint density at radius 1 is 0.882 bits per heavy atom. The first-order chi connectivity index (χ1) is 15.8. The minimum atomic E-state index is -1.21. The quantitative estimate of drug-likeness (QED) is 0.125. The van der Waals surface area contributed by atoms with Crippen molar-refractivity contribution in [1.82, 2.24) is 16.0 Å². The lowest BCUT2D eigenvalue weighted by Crippen LogP contribution is -2.59. The molecule has 0 rings (SSSR count). The maximum atomic E-state index is 13.1. The molecule has 0 fully saturated rings. The van der Waals surface area contributed by atoms with Gasteiger partial charge in [0.15, 0.2) is 0 Å². The largest absolute Gasteiger partial charge is 0.480 e. The van der Waals surface area contributed by atoms with E-state index in [-0.39, 0.29) is 31.1 Å². The molecule has 34 heavy (non-hydrogen) atoms. The fourth-order valence-electron chi connectivity index (χ4n) is 3.26. The first kappa shape index (κ1) is 31.3. The minimum absolute atomic E-state index is 0.0122. The van der Waals surface area contributed by atoms with Crippen LogP contribution in [0.3, 0.4) is 0 Å². The van der Waals surface area contributed by atoms with Gasteiger partial charge in [-0.3, -0.25) is 19.2 Å². The molecule has 0 radical (unpaired) electrons. The fraction of sp³-hybridized carbons (Fsp3) is 0.773. The van der Waals surface area contributed by atoms with Crippen molar-refractivity contribution in [3.63, 3.8) is 0 Å². The van der Waals surface area contributed by atoms with Crippen molar-refractivity contribution in [3.8, 4) is 0 Å². The molecule has 0 aromatic rings. The van der Waals surface area contributed by atoms with Gasteiger partial charge < -0.3 is 38.3 Å². The van der Waals surface area contributed by atoms with Gasteiger partial charge in [-0.2, -0.15) is 0 Å². The van der Waals surface area contributed by atoms with E-state index in [0.717, 1.165) is 0 Å². The monoisotopic (exact) mass is 486 g/mol. The van der Waals surface area contributed by atoms with Gasteiger partial charge in [0.25, 0.3) is 0 Å². The van der Waals surface area contributed by atoms with Crippen LogP contribution < -0.4 is 33.2 Å². The van der Waals surface area contributed by atoms with E-state index in [9.17, 15) is 29.1 Å². The molecule has 12 heteroatoms. The molecular weight excluding hydrogens is 444 g/mol. The summed E-state index contributed by atoms with van der Waals surface area (Å²) in [4.78, 5) is 61.0. The lowest BCUT2D eigenvalue weighted by molar-refractivity contribution is -0.143. The van der Waals surface area contributed by atoms with Crippen LogP contribution in [-0.2, 0) is 24.0 Å². The highest BCUT2D eigenvalue weighted by Gasteiger charge is 2.33. The lowest BCUT2D eigenvalue weighted by atomic mass is 9.96. The second kappa shape index (κ2) is 16.0. The van der Waals surface area contributed by atoms with Gasteiger partial charge in [0.05, 0.1) is 12.5 Å². The van der Waals surface area contributed by atoms with Gasteiger partial charge in [-0.05, 0) is 44.1 Å². The molecule has 0 aromatic heterocycles. The molecule has 0 aliphatic heterocycles. The van der Waals surface area contributed by atoms with E-state index in [1.807, 2.05) is 20.8 Å². The van der Waals surface area contributed by atoms with E-state index in [2.05, 4.69) is 16.0 Å². The molecular formula is C22H42N6O6. The molecule has 196 valence electrons. The van der Waals surface area contributed by atoms with Crippen LogP contribution in [0.1, 0.15) is 66.2 Å². The summed E-state index contributed by atoms with van der Waals surface area (Å²) in [6.45, 7) is 7.72. The zero-order valence-corrected chi connectivity index (χ0v) is 20.6. The number of carbonyl (C=O) groups is 5. The van der Waals surface area contributed by atoms with Gasteiger partial charge in [0.2, 0.25) is 23.6 Å². The molecule has 4 amide bonds. The summed E-state index contributed by atoms with van der Waals surface area (Å²) in [5, 5.41) is 17.1. The van der Waals surface area contributed by atoms with Crippen molar-refractivity contribution in [2.45, 2.75) is 90.4 Å². The van der Waals surface area contributed by atoms with Gasteiger partial charge >= 0.3 is 5.97 Å². The number of hydrogen-bond donors (Lipinski definition) is 7. The summed E-state index contributed by atoms with van der Waals surface area (Å²) in [7, 11) is 0. The summed E-state index contributed by atoms with van der Waals surface area (Å²) in [5.74, 6) is -4.16. The zero-order valence-electron chi connectivity index (χ0n) is 20.6. The number of nitrogens with one attached hydrogen (secondary N) is 3. The summed E-state index contributed by atoms with van der Waals surface area (Å²) in [5.41, 5.74) is 16.2. The van der Waals surface area contributed by atoms with E-state index < -0.39 is 53.8 Å². The van der Waals surface area contributed by atoms with Crippen LogP contribution in [0.2, 0.25) is 0 Å². The van der Waals surface area contributed by atoms with Crippen molar-refractivity contribution in [2.24, 2.45) is 29.0 Å². The molecule has 5 unspecified atom stereocenters. The lowest BCUT2D eigenvalue weighted by Gasteiger charge is -2.28. The summed E-state index contributed by atoms with van der Waals surface area (Å²) in [6.07, 6.45) is 1.78. The van der Waals surface area contributed by atoms with Gasteiger partial charge in [0, 0.05) is 0 Å². The third-order valence-electron chi connectivity index (χ3n) is 5.45. The second-order valence-corrected chi connectivity index (χ2v) is 9.02. The van der Waals surface area contributed by atoms with Crippen LogP contribution in [0.15, 0.2) is 0 Å². The maximum Gasteiger partial charge on any atom is 0.326 e. The van der Waals surface area contributed by atoms with Crippen LogP contribution >= 0.6 is 0 Å². The average molecular weight is 487 g/mol. The molecule has 12 nitrogen and oxygen atoms in total. The molecule has 0 bridgehead atoms. The fourth-order valence-corrected chi connectivity index (χ4v) is 3.26. The molecule has 0 spiro atoms. The molecule has 0 aliphatic rings. The van der Waals surface area contributed by atoms with E-state index in [4.69, 9.17) is 17.2 Å². The highest BCUT2D eigenvalue weighted by Crippen LogP contribution is 2.12. The summed E-state index contributed by atoms with van der Waals surface area (Å²) >= 11 is 0. The number of rotatable bonds is 17. The molecule has 5 atom stereocenters. The first-order valence-electron chi connectivity index (χ1n) is 11.7. The number of carboxylic acids is 1. The Bertz CT molecular complexity index is 701. The normalized spacial score (nSPS) is 15.5. The van der Waals surface area contributed by atoms with Gasteiger partial charge in [-0.1, -0.05) is 34.1 Å². The topological polar surface area (TPSA) is 220 Å². The molecule has 0 saturated carbocycles. The Kier molecular flexibility index (Phi) is 14.7. The van der Waals surface area contributed by atoms with Gasteiger partial charge in [-0.25, -0.2) is 4.79 Å². The van der Waals surface area contributed by atoms with Gasteiger partial charge in [-0.15, -0.1) is 0 Å². The third kappa shape index (κ3) is 11.9. The van der Waals surface area contributed by atoms with Crippen molar-refractivity contribution in [3.05, 3.63) is 0 Å². The van der Waals surface area contributed by atoms with E-state index in [1.54, 1.807) is 6.92 Å². The average Bonchev–Trinajstić information content (AvgIpc) is 2.74. The number of aliphatic carboxylic acids is 1. The van der Waals surface area contributed by atoms with Crippen molar-refractivity contribution >= 4 is 29.6 Å². The second-order valence-electron chi connectivity index (χ2n) is 9.02. The number of nitrogens with two attached hydrogens (primary N) is 3. The van der Waals surface area contributed by atoms with Crippen molar-refractivity contribution in [1.29, 1.82) is 0 Å². The van der Waals surface area contributed by atoms with E-state index in [0.29, 0.717) is 25.8 Å². The molecule has 0 saturated heterocycles. The van der Waals surface area contributed by atoms with Crippen LogP contribution in [0.25, 0.3) is 0 Å². The molecule has 0 aliphatic carbocycles. The van der Waals surface area contributed by atoms with E-state index in [1.165, 1.54) is 0 Å². The highest BCUT2D eigenvalue weighted by molar-refractivity contribution is 5.95. The van der Waals surface area contributed by atoms with Crippen LogP contribution in [0.5, 0.6) is 0 Å². The Labute approximate surface area is 201 Å². The number of hydrogen-bond acceptors (Lipinski definition) is 7. The third-order valence-corrected chi connectivity index (χ3v) is 5.45. The summed E-state index contributed by atoms with van der Waals surface area (Å²) in [6, 6.07) is -4.34. The van der Waals surface area contributed by atoms with Crippen LogP contribution in [-0.4, -0.2) is 65.4 Å². The highest BCUT2D eigenvalue weighted by atomic mass is 16.4. The van der Waals surface area contributed by atoms with E-state index >= 15 is 0 Å². The van der Waals surface area contributed by atoms with Crippen LogP contribution in [0.4, 0.5) is 0 Å². The minimum Gasteiger partial charge on any atom is -0.480 e. The van der Waals surface area contributed by atoms with Crippen molar-refractivity contribution < 1.29 is 29.1 Å². The SMILES string of the molecule is CCC(C)C(NC(=O)C(CC(C)C)NC(=O)C(N)CC(N)=O)C(=O)NC(CCCCN)C(=O)O. The number of unbranched alkanes of at least 4 members (excludes halogenated alkanes) is 1. The summed E-state index contributed by atoms with van der Waals surface area (Å²) < 4.78 is 0. The van der Waals surface area contributed by atoms with Gasteiger partial charge in [0.1, 0.15) is 18.1 Å². The van der Waals surface area contributed by atoms with Crippen LogP contribution in [0, 0.1) is 11.8 Å². The first-order valence-corrected chi connectivity index (χ1v) is 11.7. The Morgan fingerprint density at radius 3 is 1.94 bits per heavy atom. The standard InChI is InChI=1S/C22H42N6O6/c1-5-13(4)18(21(32)26-15(22(33)34)8-6-7-9-23)28-20(31)16(10-12(2)3)27-19(30)14(24)11-17(25)29/h12-16,18H,5-11,23-24H2,1-4H3,(H2,25,29)(H,26,32)(H,27,30)(H,28,31)(H,33,34). The predicted octanol–water partition coefficient (Wildman–Crippen LogP) is -1.05. The number of carbonyl (C=O) groups excluding carboxylic acids is 4. The Balaban J connectivity index is 5.51. The molecule has 0 heterocycles. The number of carboxylic acid groups (broad SMARTS) is 1. The molecule has 10 N–H and O–H groups in total. The zero-order chi connectivity index (χ0) is 26.4.